The molecule has 0 rings (SSSR count). The van der Waals surface area contributed by atoms with Crippen LogP contribution in [0, 0.1) is 0 Å². The molecule has 4 heteroatoms. The Morgan fingerprint density at radius 2 is 2.00 bits per heavy atom. The van der Waals surface area contributed by atoms with Crippen LogP contribution >= 0.6 is 11.1 Å². The van der Waals surface area contributed by atoms with Crippen molar-refractivity contribution in [3.05, 3.63) is 0 Å². The van der Waals surface area contributed by atoms with Crippen molar-refractivity contribution in [3.63, 3.8) is 0 Å². The van der Waals surface area contributed by atoms with Gasteiger partial charge < -0.3 is 0 Å². The molecule has 0 aromatic rings. The lowest BCUT2D eigenvalue weighted by Gasteiger charge is -2.10. The minimum Gasteiger partial charge on any atom is -0.262 e. The highest BCUT2D eigenvalue weighted by molar-refractivity contribution is 7.04. The van der Waals surface area contributed by atoms with Crippen LogP contribution in [-0.2, 0) is 0 Å². The van der Waals surface area contributed by atoms with E-state index in [4.69, 9.17) is 11.1 Å². The van der Waals surface area contributed by atoms with Gasteiger partial charge in [-0.3, -0.25) is 10.1 Å². The summed E-state index contributed by atoms with van der Waals surface area (Å²) in [7, 11) is 3.07. The molecule has 0 atom stereocenters. The summed E-state index contributed by atoms with van der Waals surface area (Å²) in [6.45, 7) is 1.98. The summed E-state index contributed by atoms with van der Waals surface area (Å²) in [6.07, 6.45) is 0. The minimum atomic E-state index is -0.786. The Bertz CT molecular complexity index is 42.2. The molecule has 0 fully saturated rings. The van der Waals surface area contributed by atoms with Crippen LogP contribution in [0.25, 0.3) is 0 Å². The van der Waals surface area contributed by atoms with E-state index >= 15 is 0 Å². The first kappa shape index (κ1) is 7.43. The van der Waals surface area contributed by atoms with E-state index in [1.807, 2.05) is 25.7 Å². The predicted molar refractivity (Wildman–Crippen MR) is 34.3 cm³/mol. The molecule has 0 saturated heterocycles. The maximum absolute atomic E-state index is 5.62. The Morgan fingerprint density at radius 1 is 1.57 bits per heavy atom. The standard InChI is InChI=1S/C3H10ClN2Si/c1-6(2)5-7(3)4/h5H,1-3H3. The first-order valence-electron chi connectivity index (χ1n) is 2.06. The van der Waals surface area contributed by atoms with E-state index in [0.717, 1.165) is 0 Å². The molecular weight excluding hydrogens is 128 g/mol. The summed E-state index contributed by atoms with van der Waals surface area (Å²) in [5.41, 5.74) is 0. The molecule has 2 nitrogen and oxygen atoms in total. The number of nitrogens with one attached hydrogen (secondary N) is 1. The third-order valence-corrected chi connectivity index (χ3v) is 1.39. The molecule has 0 saturated carbocycles. The van der Waals surface area contributed by atoms with E-state index in [9.17, 15) is 0 Å². The molecule has 1 N–H and O–H groups in total. The summed E-state index contributed by atoms with van der Waals surface area (Å²) < 4.78 is 0. The van der Waals surface area contributed by atoms with E-state index in [-0.39, 0.29) is 0 Å². The lowest BCUT2D eigenvalue weighted by molar-refractivity contribution is 0.372. The lowest BCUT2D eigenvalue weighted by Crippen LogP contribution is -2.37. The third kappa shape index (κ3) is 6.43. The molecule has 0 amide bonds. The van der Waals surface area contributed by atoms with Gasteiger partial charge in [0.1, 0.15) is 0 Å². The summed E-state index contributed by atoms with van der Waals surface area (Å²) in [5.74, 6) is 0. The normalized spacial score (nSPS) is 11.1. The summed E-state index contributed by atoms with van der Waals surface area (Å²) in [4.78, 5) is 0. The summed E-state index contributed by atoms with van der Waals surface area (Å²) >= 11 is 5.62. The van der Waals surface area contributed by atoms with Crippen molar-refractivity contribution in [2.45, 2.75) is 6.55 Å². The molecule has 0 bridgehead atoms. The smallest absolute Gasteiger partial charge is 0.259 e. The quantitative estimate of drug-likeness (QED) is 0.337. The molecule has 0 aliphatic heterocycles. The van der Waals surface area contributed by atoms with Crippen LogP contribution in [-0.4, -0.2) is 27.4 Å². The second-order valence-electron chi connectivity index (χ2n) is 1.54. The Labute approximate surface area is 50.8 Å². The molecule has 1 radical (unpaired) electrons. The van der Waals surface area contributed by atoms with Gasteiger partial charge in [-0.05, 0) is 6.55 Å². The van der Waals surface area contributed by atoms with Crippen LogP contribution < -0.4 is 5.09 Å². The summed E-state index contributed by atoms with van der Waals surface area (Å²) in [6, 6.07) is 0. The highest BCUT2D eigenvalue weighted by Crippen LogP contribution is 1.79. The van der Waals surface area contributed by atoms with Crippen molar-refractivity contribution in [1.29, 1.82) is 0 Å². The fourth-order valence-electron chi connectivity index (χ4n) is 0.308. The van der Waals surface area contributed by atoms with Crippen LogP contribution in [0.2, 0.25) is 6.55 Å². The molecule has 0 aromatic carbocycles. The molecular formula is C3H10ClN2Si. The zero-order chi connectivity index (χ0) is 5.86. The molecule has 0 aliphatic rings. The van der Waals surface area contributed by atoms with E-state index in [1.165, 1.54) is 0 Å². The van der Waals surface area contributed by atoms with Crippen LogP contribution in [0.15, 0.2) is 0 Å². The average Bonchev–Trinajstić information content (AvgIpc) is 1.27. The minimum absolute atomic E-state index is 0.786. The van der Waals surface area contributed by atoms with Gasteiger partial charge in [0.25, 0.3) is 8.27 Å². The van der Waals surface area contributed by atoms with Gasteiger partial charge in [0.15, 0.2) is 0 Å². The van der Waals surface area contributed by atoms with Gasteiger partial charge in [-0.15, -0.1) is 11.1 Å². The van der Waals surface area contributed by atoms with Crippen LogP contribution in [0.3, 0.4) is 0 Å². The SMILES string of the molecule is CN(C)N[Si](C)Cl. The zero-order valence-electron chi connectivity index (χ0n) is 4.83. The van der Waals surface area contributed by atoms with Crippen LogP contribution in [0.1, 0.15) is 0 Å². The van der Waals surface area contributed by atoms with Crippen LogP contribution in [0.4, 0.5) is 0 Å². The van der Waals surface area contributed by atoms with Gasteiger partial charge in [0.05, 0.1) is 0 Å². The maximum atomic E-state index is 5.62. The fourth-order valence-corrected chi connectivity index (χ4v) is 1.43. The van der Waals surface area contributed by atoms with E-state index < -0.39 is 8.27 Å². The van der Waals surface area contributed by atoms with Gasteiger partial charge in [0, 0.05) is 14.1 Å². The largest absolute Gasteiger partial charge is 0.262 e. The van der Waals surface area contributed by atoms with Crippen LogP contribution in [0.5, 0.6) is 0 Å². The number of hydrazine groups is 1. The fraction of sp³-hybridized carbons (Fsp3) is 1.00. The molecule has 0 aliphatic carbocycles. The van der Waals surface area contributed by atoms with Gasteiger partial charge in [-0.1, -0.05) is 0 Å². The van der Waals surface area contributed by atoms with Crippen molar-refractivity contribution < 1.29 is 0 Å². The Kier molecular flexibility index (Phi) is 3.64. The molecule has 0 heterocycles. The Hall–Kier alpha value is 0.427. The molecule has 7 heavy (non-hydrogen) atoms. The Balaban J connectivity index is 2.95. The van der Waals surface area contributed by atoms with Gasteiger partial charge in [-0.2, -0.15) is 0 Å². The monoisotopic (exact) mass is 137 g/mol. The number of hydrogen-bond acceptors (Lipinski definition) is 2. The van der Waals surface area contributed by atoms with Crippen molar-refractivity contribution in [2.24, 2.45) is 0 Å². The number of halogens is 1. The van der Waals surface area contributed by atoms with E-state index in [0.29, 0.717) is 0 Å². The lowest BCUT2D eigenvalue weighted by atomic mass is 11.2. The second kappa shape index (κ2) is 3.43. The van der Waals surface area contributed by atoms with Crippen molar-refractivity contribution >= 4 is 19.3 Å². The zero-order valence-corrected chi connectivity index (χ0v) is 6.58. The van der Waals surface area contributed by atoms with Gasteiger partial charge in [0.2, 0.25) is 0 Å². The highest BCUT2D eigenvalue weighted by atomic mass is 35.6. The second-order valence-corrected chi connectivity index (χ2v) is 4.53. The van der Waals surface area contributed by atoms with Crippen molar-refractivity contribution in [1.82, 2.24) is 10.1 Å². The highest BCUT2D eigenvalue weighted by Gasteiger charge is 1.96. The first-order valence-corrected chi connectivity index (χ1v) is 5.07. The third-order valence-electron chi connectivity index (χ3n) is 0.378. The van der Waals surface area contributed by atoms with Gasteiger partial charge >= 0.3 is 0 Å². The average molecular weight is 138 g/mol. The van der Waals surface area contributed by atoms with Crippen molar-refractivity contribution in [2.75, 3.05) is 14.1 Å². The maximum Gasteiger partial charge on any atom is 0.259 e. The molecule has 0 spiro atoms. The number of hydrogen-bond donors (Lipinski definition) is 1. The summed E-state index contributed by atoms with van der Waals surface area (Å²) in [5, 5.41) is 4.87. The first-order chi connectivity index (χ1) is 3.13. The van der Waals surface area contributed by atoms with E-state index in [2.05, 4.69) is 5.09 Å². The van der Waals surface area contributed by atoms with E-state index in [1.54, 1.807) is 0 Å². The number of rotatable bonds is 2. The Morgan fingerprint density at radius 3 is 2.00 bits per heavy atom. The molecule has 0 aromatic heterocycles. The predicted octanol–water partition coefficient (Wildman–Crippen LogP) is 0.409. The van der Waals surface area contributed by atoms with Crippen molar-refractivity contribution in [3.8, 4) is 0 Å². The van der Waals surface area contributed by atoms with Gasteiger partial charge in [-0.25, -0.2) is 0 Å². The molecule has 43 valence electrons. The topological polar surface area (TPSA) is 15.3 Å². The molecule has 0 unspecified atom stereocenters. The number of nitrogens with zero attached hydrogens (tertiary/aromatic N) is 1.